The molecule has 178 valence electrons. The molecule has 1 amide bonds. The first-order valence-electron chi connectivity index (χ1n) is 11.0. The van der Waals surface area contributed by atoms with E-state index in [0.717, 1.165) is 30.9 Å². The lowest BCUT2D eigenvalue weighted by Crippen LogP contribution is -2.33. The minimum Gasteiger partial charge on any atom is -0.495 e. The SMILES string of the molecule is COc1ccc(N2CC=C(c3ccc(OC)c(OCCN4CCCCC4)c3)C2=O)cc1Cl.Cl. The molecule has 6 nitrogen and oxygen atoms in total. The predicted octanol–water partition coefficient (Wildman–Crippen LogP) is 5.07. The van der Waals surface area contributed by atoms with Crippen LogP contribution in [0, 0.1) is 0 Å². The van der Waals surface area contributed by atoms with Crippen LogP contribution >= 0.6 is 24.0 Å². The normalized spacial score (nSPS) is 16.3. The van der Waals surface area contributed by atoms with Crippen LogP contribution in [0.1, 0.15) is 24.8 Å². The molecule has 0 spiro atoms. The Labute approximate surface area is 206 Å². The van der Waals surface area contributed by atoms with Crippen molar-refractivity contribution in [3.63, 3.8) is 0 Å². The molecule has 0 N–H and O–H groups in total. The van der Waals surface area contributed by atoms with Crippen LogP contribution in [0.2, 0.25) is 5.02 Å². The van der Waals surface area contributed by atoms with Crippen LogP contribution in [0.25, 0.3) is 5.57 Å². The highest BCUT2D eigenvalue weighted by Crippen LogP contribution is 2.35. The van der Waals surface area contributed by atoms with Gasteiger partial charge in [0, 0.05) is 24.4 Å². The molecule has 0 unspecified atom stereocenters. The number of carbonyl (C=O) groups excluding carboxylic acids is 1. The van der Waals surface area contributed by atoms with Crippen LogP contribution in [0.5, 0.6) is 17.2 Å². The standard InChI is InChI=1S/C25H29ClN2O4.ClH/c1-30-22-9-7-19(17-21(22)26)28-13-10-20(25(28)29)18-6-8-23(31-2)24(16-18)32-15-14-27-11-4-3-5-12-27;/h6-10,16-17H,3-5,11-15H2,1-2H3;1H. The van der Waals surface area contributed by atoms with Gasteiger partial charge in [-0.25, -0.2) is 0 Å². The molecule has 33 heavy (non-hydrogen) atoms. The first-order chi connectivity index (χ1) is 15.6. The molecule has 0 radical (unpaired) electrons. The fourth-order valence-corrected chi connectivity index (χ4v) is 4.46. The van der Waals surface area contributed by atoms with Crippen LogP contribution in [0.3, 0.4) is 0 Å². The van der Waals surface area contributed by atoms with Crippen molar-refractivity contribution in [1.29, 1.82) is 0 Å². The Bertz CT molecular complexity index is 1010. The van der Waals surface area contributed by atoms with E-state index in [1.807, 2.05) is 30.3 Å². The highest BCUT2D eigenvalue weighted by atomic mass is 35.5. The molecule has 0 aliphatic carbocycles. The number of methoxy groups -OCH3 is 2. The maximum atomic E-state index is 13.2. The van der Waals surface area contributed by atoms with Gasteiger partial charge in [0.05, 0.1) is 19.2 Å². The molecule has 0 saturated carbocycles. The first kappa shape index (κ1) is 25.2. The summed E-state index contributed by atoms with van der Waals surface area (Å²) in [7, 11) is 3.19. The summed E-state index contributed by atoms with van der Waals surface area (Å²) in [6.07, 6.45) is 5.76. The molecule has 0 aromatic heterocycles. The largest absolute Gasteiger partial charge is 0.495 e. The Morgan fingerprint density at radius 2 is 1.67 bits per heavy atom. The number of nitrogens with zero attached hydrogens (tertiary/aromatic N) is 2. The number of ether oxygens (including phenoxy) is 3. The molecule has 0 bridgehead atoms. The second-order valence-electron chi connectivity index (χ2n) is 7.97. The zero-order valence-corrected chi connectivity index (χ0v) is 20.6. The van der Waals surface area contributed by atoms with Gasteiger partial charge in [0.1, 0.15) is 12.4 Å². The summed E-state index contributed by atoms with van der Waals surface area (Å²) in [6.45, 7) is 4.22. The van der Waals surface area contributed by atoms with Crippen molar-refractivity contribution in [2.24, 2.45) is 0 Å². The van der Waals surface area contributed by atoms with Gasteiger partial charge in [-0.2, -0.15) is 0 Å². The van der Waals surface area contributed by atoms with Crippen LogP contribution < -0.4 is 19.1 Å². The highest BCUT2D eigenvalue weighted by Gasteiger charge is 2.27. The summed E-state index contributed by atoms with van der Waals surface area (Å²) in [4.78, 5) is 17.3. The molecule has 2 aromatic carbocycles. The average molecular weight is 493 g/mol. The maximum Gasteiger partial charge on any atom is 0.258 e. The molecule has 2 aliphatic heterocycles. The van der Waals surface area contributed by atoms with Gasteiger partial charge >= 0.3 is 0 Å². The minimum atomic E-state index is -0.0735. The molecule has 4 rings (SSSR count). The first-order valence-corrected chi connectivity index (χ1v) is 11.4. The zero-order chi connectivity index (χ0) is 22.5. The lowest BCUT2D eigenvalue weighted by atomic mass is 10.1. The van der Waals surface area contributed by atoms with Crippen LogP contribution in [-0.4, -0.2) is 57.8 Å². The second-order valence-corrected chi connectivity index (χ2v) is 8.38. The predicted molar refractivity (Wildman–Crippen MR) is 134 cm³/mol. The zero-order valence-electron chi connectivity index (χ0n) is 19.0. The quantitative estimate of drug-likeness (QED) is 0.514. The third-order valence-electron chi connectivity index (χ3n) is 5.99. The molecule has 2 heterocycles. The second kappa shape index (κ2) is 11.6. The molecule has 1 saturated heterocycles. The monoisotopic (exact) mass is 492 g/mol. The summed E-state index contributed by atoms with van der Waals surface area (Å²) in [5, 5.41) is 0.472. The fourth-order valence-electron chi connectivity index (χ4n) is 4.21. The van der Waals surface area contributed by atoms with E-state index >= 15 is 0 Å². The van der Waals surface area contributed by atoms with E-state index in [1.54, 1.807) is 31.3 Å². The number of benzene rings is 2. The minimum absolute atomic E-state index is 0. The Hall–Kier alpha value is -2.41. The number of rotatable bonds is 8. The van der Waals surface area contributed by atoms with E-state index in [4.69, 9.17) is 25.8 Å². The fraction of sp³-hybridized carbons (Fsp3) is 0.400. The van der Waals surface area contributed by atoms with Crippen molar-refractivity contribution in [1.82, 2.24) is 4.90 Å². The van der Waals surface area contributed by atoms with E-state index < -0.39 is 0 Å². The highest BCUT2D eigenvalue weighted by molar-refractivity contribution is 6.33. The van der Waals surface area contributed by atoms with Gasteiger partial charge in [-0.3, -0.25) is 9.69 Å². The molecule has 2 aliphatic rings. The molecule has 1 fully saturated rings. The molecule has 2 aromatic rings. The van der Waals surface area contributed by atoms with Crippen molar-refractivity contribution in [3.05, 3.63) is 53.1 Å². The van der Waals surface area contributed by atoms with Crippen LogP contribution in [0.15, 0.2) is 42.5 Å². The molecule has 8 heteroatoms. The van der Waals surface area contributed by atoms with Gasteiger partial charge in [0.25, 0.3) is 5.91 Å². The van der Waals surface area contributed by atoms with E-state index in [2.05, 4.69) is 4.90 Å². The van der Waals surface area contributed by atoms with Gasteiger partial charge in [-0.15, -0.1) is 12.4 Å². The maximum absolute atomic E-state index is 13.2. The van der Waals surface area contributed by atoms with E-state index in [-0.39, 0.29) is 18.3 Å². The summed E-state index contributed by atoms with van der Waals surface area (Å²) < 4.78 is 16.8. The third-order valence-corrected chi connectivity index (χ3v) is 6.28. The van der Waals surface area contributed by atoms with Gasteiger partial charge < -0.3 is 19.1 Å². The number of hydrogen-bond acceptors (Lipinski definition) is 5. The average Bonchev–Trinajstić information content (AvgIpc) is 3.21. The Morgan fingerprint density at radius 1 is 0.939 bits per heavy atom. The van der Waals surface area contributed by atoms with Crippen molar-refractivity contribution in [2.75, 3.05) is 51.9 Å². The lowest BCUT2D eigenvalue weighted by molar-refractivity contribution is -0.112. The summed E-state index contributed by atoms with van der Waals surface area (Å²) >= 11 is 6.25. The Morgan fingerprint density at radius 3 is 2.36 bits per heavy atom. The number of amides is 1. The molecule has 0 atom stereocenters. The number of anilines is 1. The smallest absolute Gasteiger partial charge is 0.258 e. The van der Waals surface area contributed by atoms with Gasteiger partial charge in [-0.05, 0) is 61.8 Å². The number of piperidine rings is 1. The van der Waals surface area contributed by atoms with E-state index in [9.17, 15) is 4.79 Å². The van der Waals surface area contributed by atoms with Crippen molar-refractivity contribution in [3.8, 4) is 17.2 Å². The summed E-state index contributed by atoms with van der Waals surface area (Å²) in [6, 6.07) is 11.0. The van der Waals surface area contributed by atoms with Crippen molar-refractivity contribution >= 4 is 41.2 Å². The Balaban J connectivity index is 0.00000306. The third kappa shape index (κ3) is 5.75. The molecular weight excluding hydrogens is 463 g/mol. The van der Waals surface area contributed by atoms with Crippen LogP contribution in [-0.2, 0) is 4.79 Å². The van der Waals surface area contributed by atoms with Gasteiger partial charge in [-0.1, -0.05) is 30.2 Å². The number of likely N-dealkylation sites (tertiary alicyclic amines) is 1. The van der Waals surface area contributed by atoms with Crippen molar-refractivity contribution in [2.45, 2.75) is 19.3 Å². The van der Waals surface area contributed by atoms with Gasteiger partial charge in [0.2, 0.25) is 0 Å². The summed E-state index contributed by atoms with van der Waals surface area (Å²) in [5.41, 5.74) is 2.19. The van der Waals surface area contributed by atoms with E-state index in [0.29, 0.717) is 41.0 Å². The number of hydrogen-bond donors (Lipinski definition) is 0. The van der Waals surface area contributed by atoms with E-state index in [1.165, 1.54) is 19.3 Å². The number of carbonyl (C=O) groups is 1. The molecular formula is C25H30Cl2N2O4. The lowest BCUT2D eigenvalue weighted by Gasteiger charge is -2.26. The topological polar surface area (TPSA) is 51.2 Å². The van der Waals surface area contributed by atoms with Crippen molar-refractivity contribution < 1.29 is 19.0 Å². The summed E-state index contributed by atoms with van der Waals surface area (Å²) in [5.74, 6) is 1.83. The van der Waals surface area contributed by atoms with Gasteiger partial charge in [0.15, 0.2) is 11.5 Å². The Kier molecular flexibility index (Phi) is 8.89. The van der Waals surface area contributed by atoms with Crippen LogP contribution in [0.4, 0.5) is 5.69 Å². The number of halogens is 2.